The minimum absolute atomic E-state index is 0.159. The van der Waals surface area contributed by atoms with Crippen LogP contribution in [0, 0.1) is 0 Å². The fraction of sp³-hybridized carbons (Fsp3) is 0.421. The Balaban J connectivity index is 1.54. The summed E-state index contributed by atoms with van der Waals surface area (Å²) in [6, 6.07) is 8.28. The zero-order valence-corrected chi connectivity index (χ0v) is 15.4. The fourth-order valence-electron chi connectivity index (χ4n) is 2.86. The van der Waals surface area contributed by atoms with Crippen LogP contribution in [0.1, 0.15) is 23.2 Å². The van der Waals surface area contributed by atoms with Gasteiger partial charge in [0.2, 0.25) is 5.95 Å². The van der Waals surface area contributed by atoms with Crippen LogP contribution in [0.4, 0.5) is 17.3 Å². The van der Waals surface area contributed by atoms with Crippen molar-refractivity contribution in [3.63, 3.8) is 0 Å². The molecule has 0 spiro atoms. The average molecular weight is 354 g/mol. The Morgan fingerprint density at radius 3 is 2.38 bits per heavy atom. The predicted octanol–water partition coefficient (Wildman–Crippen LogP) is 2.11. The van der Waals surface area contributed by atoms with Crippen molar-refractivity contribution in [1.29, 1.82) is 0 Å². The number of nitrogens with zero attached hydrogens (tertiary/aromatic N) is 4. The normalized spacial score (nSPS) is 13.9. The Labute approximate surface area is 154 Å². The number of hydrogen-bond acceptors (Lipinski definition) is 6. The van der Waals surface area contributed by atoms with Gasteiger partial charge in [0.05, 0.1) is 5.56 Å². The van der Waals surface area contributed by atoms with Gasteiger partial charge in [0.1, 0.15) is 0 Å². The molecule has 2 N–H and O–H groups in total. The van der Waals surface area contributed by atoms with E-state index in [0.717, 1.165) is 25.3 Å². The number of nitrogens with one attached hydrogen (secondary N) is 2. The van der Waals surface area contributed by atoms with E-state index in [9.17, 15) is 4.79 Å². The summed E-state index contributed by atoms with van der Waals surface area (Å²) >= 11 is 0. The lowest BCUT2D eigenvalue weighted by Gasteiger charge is -2.17. The zero-order valence-electron chi connectivity index (χ0n) is 15.4. The summed E-state index contributed by atoms with van der Waals surface area (Å²) in [6.07, 6.45) is 5.61. The van der Waals surface area contributed by atoms with Crippen molar-refractivity contribution in [2.75, 3.05) is 50.5 Å². The van der Waals surface area contributed by atoms with E-state index in [1.54, 1.807) is 12.4 Å². The second kappa shape index (κ2) is 8.62. The first-order valence-electron chi connectivity index (χ1n) is 8.99. The number of rotatable bonds is 7. The number of anilines is 3. The first-order valence-corrected chi connectivity index (χ1v) is 8.99. The van der Waals surface area contributed by atoms with Gasteiger partial charge in [0.15, 0.2) is 0 Å². The van der Waals surface area contributed by atoms with Gasteiger partial charge in [0, 0.05) is 49.9 Å². The summed E-state index contributed by atoms with van der Waals surface area (Å²) in [4.78, 5) is 24.9. The number of carbonyl (C=O) groups is 1. The maximum atomic E-state index is 12.0. The molecule has 1 fully saturated rings. The van der Waals surface area contributed by atoms with E-state index in [2.05, 4.69) is 37.6 Å². The van der Waals surface area contributed by atoms with Crippen molar-refractivity contribution in [3.05, 3.63) is 42.2 Å². The topological polar surface area (TPSA) is 73.4 Å². The molecule has 26 heavy (non-hydrogen) atoms. The molecule has 0 saturated carbocycles. The largest absolute Gasteiger partial charge is 0.372 e. The Hall–Kier alpha value is -2.67. The van der Waals surface area contributed by atoms with Crippen molar-refractivity contribution in [3.8, 4) is 0 Å². The van der Waals surface area contributed by atoms with Crippen LogP contribution >= 0.6 is 0 Å². The minimum Gasteiger partial charge on any atom is -0.372 e. The first-order chi connectivity index (χ1) is 12.6. The van der Waals surface area contributed by atoms with Gasteiger partial charge in [-0.15, -0.1) is 0 Å². The summed E-state index contributed by atoms with van der Waals surface area (Å²) in [5.74, 6) is 0.317. The number of hydrogen-bond donors (Lipinski definition) is 2. The van der Waals surface area contributed by atoms with Crippen molar-refractivity contribution in [1.82, 2.24) is 20.2 Å². The Morgan fingerprint density at radius 1 is 1.12 bits per heavy atom. The first kappa shape index (κ1) is 18.1. The molecule has 7 heteroatoms. The number of likely N-dealkylation sites (N-methyl/N-ethyl adjacent to an activating group) is 1. The lowest BCUT2D eigenvalue weighted by Crippen LogP contribution is -2.31. The molecule has 1 aliphatic heterocycles. The minimum atomic E-state index is -0.159. The van der Waals surface area contributed by atoms with Gasteiger partial charge in [-0.05, 0) is 51.2 Å². The molecule has 0 radical (unpaired) electrons. The molecule has 1 aromatic heterocycles. The van der Waals surface area contributed by atoms with Crippen LogP contribution in [0.5, 0.6) is 0 Å². The predicted molar refractivity (Wildman–Crippen MR) is 104 cm³/mol. The van der Waals surface area contributed by atoms with E-state index < -0.39 is 0 Å². The Bertz CT molecular complexity index is 708. The van der Waals surface area contributed by atoms with Gasteiger partial charge in [-0.1, -0.05) is 0 Å². The molecular weight excluding hydrogens is 328 g/mol. The number of amides is 1. The van der Waals surface area contributed by atoms with Crippen LogP contribution in [0.2, 0.25) is 0 Å². The second-order valence-corrected chi connectivity index (χ2v) is 6.72. The lowest BCUT2D eigenvalue weighted by molar-refractivity contribution is 0.0950. The van der Waals surface area contributed by atoms with Crippen molar-refractivity contribution in [2.24, 2.45) is 0 Å². The van der Waals surface area contributed by atoms with E-state index in [1.807, 2.05) is 31.1 Å². The van der Waals surface area contributed by atoms with E-state index in [1.165, 1.54) is 18.5 Å². The van der Waals surface area contributed by atoms with Crippen LogP contribution < -0.4 is 15.5 Å². The van der Waals surface area contributed by atoms with Crippen molar-refractivity contribution >= 4 is 23.2 Å². The third-order valence-corrected chi connectivity index (χ3v) is 4.35. The van der Waals surface area contributed by atoms with Gasteiger partial charge < -0.3 is 20.4 Å². The molecule has 1 amide bonds. The van der Waals surface area contributed by atoms with Crippen molar-refractivity contribution in [2.45, 2.75) is 12.8 Å². The molecule has 0 bridgehead atoms. The molecular formula is C19H26N6O. The molecule has 7 nitrogen and oxygen atoms in total. The Morgan fingerprint density at radius 2 is 1.77 bits per heavy atom. The van der Waals surface area contributed by atoms with E-state index in [4.69, 9.17) is 0 Å². The SMILES string of the molecule is CN(C)CCNC(=O)c1cnc(Nc2ccc(N3CCCC3)cc2)nc1. The third-order valence-electron chi connectivity index (χ3n) is 4.35. The van der Waals surface area contributed by atoms with Gasteiger partial charge in [-0.3, -0.25) is 4.79 Å². The van der Waals surface area contributed by atoms with Crippen LogP contribution in [0.15, 0.2) is 36.7 Å². The van der Waals surface area contributed by atoms with E-state index in [-0.39, 0.29) is 5.91 Å². The van der Waals surface area contributed by atoms with Crippen LogP contribution in [0.25, 0.3) is 0 Å². The third kappa shape index (κ3) is 4.92. The van der Waals surface area contributed by atoms with Gasteiger partial charge in [0.25, 0.3) is 5.91 Å². The molecule has 2 heterocycles. The van der Waals surface area contributed by atoms with Gasteiger partial charge in [-0.2, -0.15) is 0 Å². The van der Waals surface area contributed by atoms with Gasteiger partial charge in [-0.25, -0.2) is 9.97 Å². The highest BCUT2D eigenvalue weighted by atomic mass is 16.1. The van der Waals surface area contributed by atoms with E-state index >= 15 is 0 Å². The monoisotopic (exact) mass is 354 g/mol. The highest BCUT2D eigenvalue weighted by Gasteiger charge is 2.12. The van der Waals surface area contributed by atoms with Crippen LogP contribution in [-0.2, 0) is 0 Å². The van der Waals surface area contributed by atoms with Crippen molar-refractivity contribution < 1.29 is 4.79 Å². The standard InChI is InChI=1S/C19H26N6O/c1-24(2)12-9-20-18(26)15-13-21-19(22-14-15)23-16-5-7-17(8-6-16)25-10-3-4-11-25/h5-8,13-14H,3-4,9-12H2,1-2H3,(H,20,26)(H,21,22,23). The summed E-state index contributed by atoms with van der Waals surface area (Å²) in [7, 11) is 3.93. The van der Waals surface area contributed by atoms with Gasteiger partial charge >= 0.3 is 0 Å². The van der Waals surface area contributed by atoms with Crippen LogP contribution in [-0.4, -0.2) is 61.0 Å². The lowest BCUT2D eigenvalue weighted by atomic mass is 10.2. The van der Waals surface area contributed by atoms with Crippen LogP contribution in [0.3, 0.4) is 0 Å². The van der Waals surface area contributed by atoms with E-state index in [0.29, 0.717) is 18.1 Å². The summed E-state index contributed by atoms with van der Waals surface area (Å²) in [6.45, 7) is 3.65. The molecule has 2 aromatic rings. The molecule has 1 aromatic carbocycles. The number of benzene rings is 1. The second-order valence-electron chi connectivity index (χ2n) is 6.72. The fourth-order valence-corrected chi connectivity index (χ4v) is 2.86. The quantitative estimate of drug-likeness (QED) is 0.793. The summed E-state index contributed by atoms with van der Waals surface area (Å²) in [5, 5.41) is 6.01. The Kier molecular flexibility index (Phi) is 6.01. The molecule has 3 rings (SSSR count). The molecule has 138 valence electrons. The zero-order chi connectivity index (χ0) is 18.4. The number of carbonyl (C=O) groups excluding carboxylic acids is 1. The molecule has 0 unspecified atom stereocenters. The number of aromatic nitrogens is 2. The smallest absolute Gasteiger partial charge is 0.254 e. The molecule has 1 aliphatic rings. The summed E-state index contributed by atoms with van der Waals surface area (Å²) < 4.78 is 0. The summed E-state index contributed by atoms with van der Waals surface area (Å²) in [5.41, 5.74) is 2.63. The molecule has 0 aliphatic carbocycles. The molecule has 0 atom stereocenters. The maximum Gasteiger partial charge on any atom is 0.254 e. The highest BCUT2D eigenvalue weighted by molar-refractivity contribution is 5.93. The highest BCUT2D eigenvalue weighted by Crippen LogP contribution is 2.23. The maximum absolute atomic E-state index is 12.0. The average Bonchev–Trinajstić information content (AvgIpc) is 3.17. The molecule has 1 saturated heterocycles.